The Morgan fingerprint density at radius 1 is 1.17 bits per heavy atom. The molecule has 2 amide bonds. The number of carbonyl (C=O) groups excluding carboxylic acids is 2. The van der Waals surface area contributed by atoms with Crippen molar-refractivity contribution < 1.29 is 19.6 Å². The molecule has 0 bridgehead atoms. The Balaban J connectivity index is 2.38. The molecule has 1 aromatic heterocycles. The third-order valence-electron chi connectivity index (χ3n) is 3.35. The standard InChI is InChI=1S/C13H8N4O6/c14-11-10-6(12(20)15-13(10)21)4-9(19)16(11)7-2-1-5(18)3-8(7)17(22)23/h1-4,18H,14H2,(H,15,20,21). The summed E-state index contributed by atoms with van der Waals surface area (Å²) in [5, 5.41) is 22.5. The number of nitrogens with two attached hydrogens (primary N) is 1. The van der Waals surface area contributed by atoms with Gasteiger partial charge in [-0.15, -0.1) is 0 Å². The third kappa shape index (κ3) is 2.00. The van der Waals surface area contributed by atoms with E-state index in [1.807, 2.05) is 5.32 Å². The SMILES string of the molecule is Nc1c2c(cc(=O)n1-c1ccc(O)cc1[N+](=O)[O-])C(=O)NC2=O. The average molecular weight is 316 g/mol. The first-order chi connectivity index (χ1) is 10.8. The summed E-state index contributed by atoms with van der Waals surface area (Å²) in [7, 11) is 0. The molecule has 0 atom stereocenters. The van der Waals surface area contributed by atoms with E-state index in [1.165, 1.54) is 0 Å². The molecule has 10 nitrogen and oxygen atoms in total. The maximum Gasteiger partial charge on any atom is 0.297 e. The van der Waals surface area contributed by atoms with Gasteiger partial charge in [-0.3, -0.25) is 34.4 Å². The maximum atomic E-state index is 12.2. The molecule has 1 aliphatic rings. The minimum atomic E-state index is -0.820. The molecule has 0 aliphatic carbocycles. The van der Waals surface area contributed by atoms with Gasteiger partial charge in [0.15, 0.2) is 0 Å². The van der Waals surface area contributed by atoms with Gasteiger partial charge in [-0.05, 0) is 12.1 Å². The number of anilines is 1. The number of aromatic nitrogens is 1. The lowest BCUT2D eigenvalue weighted by Gasteiger charge is -2.12. The summed E-state index contributed by atoms with van der Waals surface area (Å²) < 4.78 is 0.745. The Labute approximate surface area is 126 Å². The normalized spacial score (nSPS) is 12.9. The van der Waals surface area contributed by atoms with E-state index in [4.69, 9.17) is 5.73 Å². The predicted octanol–water partition coefficient (Wildman–Crippen LogP) is -0.0829. The fourth-order valence-electron chi connectivity index (χ4n) is 2.37. The summed E-state index contributed by atoms with van der Waals surface area (Å²) in [5.74, 6) is -2.33. The summed E-state index contributed by atoms with van der Waals surface area (Å²) in [6.07, 6.45) is 0. The summed E-state index contributed by atoms with van der Waals surface area (Å²) in [5.41, 5.74) is 3.75. The summed E-state index contributed by atoms with van der Waals surface area (Å²) in [6, 6.07) is 3.97. The number of rotatable bonds is 2. The lowest BCUT2D eigenvalue weighted by Crippen LogP contribution is -2.24. The van der Waals surface area contributed by atoms with Gasteiger partial charge in [0.1, 0.15) is 17.3 Å². The van der Waals surface area contributed by atoms with Crippen molar-refractivity contribution in [2.24, 2.45) is 0 Å². The molecule has 0 saturated heterocycles. The van der Waals surface area contributed by atoms with E-state index >= 15 is 0 Å². The Morgan fingerprint density at radius 3 is 2.52 bits per heavy atom. The first-order valence-electron chi connectivity index (χ1n) is 6.20. The molecule has 2 heterocycles. The Bertz CT molecular complexity index is 962. The van der Waals surface area contributed by atoms with Gasteiger partial charge in [0.25, 0.3) is 23.1 Å². The smallest absolute Gasteiger partial charge is 0.297 e. The first-order valence-corrected chi connectivity index (χ1v) is 6.20. The highest BCUT2D eigenvalue weighted by molar-refractivity contribution is 6.23. The number of nitrogens with one attached hydrogen (secondary N) is 1. The van der Waals surface area contributed by atoms with Gasteiger partial charge < -0.3 is 10.8 Å². The molecule has 0 unspecified atom stereocenters. The molecule has 1 aromatic carbocycles. The number of benzene rings is 1. The number of nitro groups is 1. The van der Waals surface area contributed by atoms with Crippen molar-refractivity contribution in [3.63, 3.8) is 0 Å². The van der Waals surface area contributed by atoms with E-state index < -0.39 is 33.8 Å². The van der Waals surface area contributed by atoms with Crippen LogP contribution < -0.4 is 16.6 Å². The Kier molecular flexibility index (Phi) is 2.89. The number of fused-ring (bicyclic) bond motifs is 1. The van der Waals surface area contributed by atoms with Crippen molar-refractivity contribution >= 4 is 23.3 Å². The Morgan fingerprint density at radius 2 is 1.87 bits per heavy atom. The first kappa shape index (κ1) is 14.3. The van der Waals surface area contributed by atoms with Crippen LogP contribution in [0.15, 0.2) is 29.1 Å². The van der Waals surface area contributed by atoms with Crippen LogP contribution in [0.4, 0.5) is 11.5 Å². The van der Waals surface area contributed by atoms with Gasteiger partial charge in [0.05, 0.1) is 22.1 Å². The summed E-state index contributed by atoms with van der Waals surface area (Å²) in [4.78, 5) is 45.9. The van der Waals surface area contributed by atoms with Crippen molar-refractivity contribution in [1.29, 1.82) is 0 Å². The number of carbonyl (C=O) groups is 2. The predicted molar refractivity (Wildman–Crippen MR) is 76.6 cm³/mol. The number of nitro benzene ring substituents is 1. The molecule has 23 heavy (non-hydrogen) atoms. The average Bonchev–Trinajstić information content (AvgIpc) is 2.74. The highest BCUT2D eigenvalue weighted by Gasteiger charge is 2.33. The van der Waals surface area contributed by atoms with Gasteiger partial charge in [0, 0.05) is 6.07 Å². The number of pyridine rings is 1. The second-order valence-corrected chi connectivity index (χ2v) is 4.71. The molecular weight excluding hydrogens is 308 g/mol. The molecule has 1 aliphatic heterocycles. The zero-order valence-electron chi connectivity index (χ0n) is 11.3. The number of amides is 2. The number of phenolic OH excluding ortho intramolecular Hbond substituents is 1. The molecule has 2 aromatic rings. The van der Waals surface area contributed by atoms with Crippen LogP contribution in [0.25, 0.3) is 5.69 Å². The molecule has 0 fully saturated rings. The number of aromatic hydroxyl groups is 1. The van der Waals surface area contributed by atoms with Crippen molar-refractivity contribution in [3.8, 4) is 11.4 Å². The van der Waals surface area contributed by atoms with Gasteiger partial charge >= 0.3 is 0 Å². The number of phenols is 1. The van der Waals surface area contributed by atoms with Crippen LogP contribution in [-0.2, 0) is 0 Å². The van der Waals surface area contributed by atoms with Crippen molar-refractivity contribution in [3.05, 3.63) is 55.9 Å². The van der Waals surface area contributed by atoms with E-state index in [0.29, 0.717) is 0 Å². The third-order valence-corrected chi connectivity index (χ3v) is 3.35. The van der Waals surface area contributed by atoms with E-state index in [1.54, 1.807) is 0 Å². The van der Waals surface area contributed by atoms with Crippen LogP contribution in [0.3, 0.4) is 0 Å². The highest BCUT2D eigenvalue weighted by atomic mass is 16.6. The molecule has 0 saturated carbocycles. The fourth-order valence-corrected chi connectivity index (χ4v) is 2.37. The molecule has 0 spiro atoms. The largest absolute Gasteiger partial charge is 0.508 e. The van der Waals surface area contributed by atoms with Crippen molar-refractivity contribution in [1.82, 2.24) is 9.88 Å². The zero-order valence-corrected chi connectivity index (χ0v) is 11.3. The molecule has 0 radical (unpaired) electrons. The molecular formula is C13H8N4O6. The second kappa shape index (κ2) is 4.66. The van der Waals surface area contributed by atoms with Crippen LogP contribution in [0, 0.1) is 10.1 Å². The van der Waals surface area contributed by atoms with Gasteiger partial charge in [0.2, 0.25) is 0 Å². The van der Waals surface area contributed by atoms with E-state index in [9.17, 15) is 29.6 Å². The molecule has 4 N–H and O–H groups in total. The van der Waals surface area contributed by atoms with Crippen LogP contribution in [0.5, 0.6) is 5.75 Å². The lowest BCUT2D eigenvalue weighted by atomic mass is 10.1. The minimum Gasteiger partial charge on any atom is -0.508 e. The lowest BCUT2D eigenvalue weighted by molar-refractivity contribution is -0.384. The quantitative estimate of drug-likeness (QED) is 0.397. The maximum absolute atomic E-state index is 12.2. The number of nitrogens with zero attached hydrogens (tertiary/aromatic N) is 2. The number of hydrogen-bond donors (Lipinski definition) is 3. The van der Waals surface area contributed by atoms with Gasteiger partial charge in [-0.2, -0.15) is 0 Å². The second-order valence-electron chi connectivity index (χ2n) is 4.71. The summed E-state index contributed by atoms with van der Waals surface area (Å²) in [6.45, 7) is 0. The molecule has 3 rings (SSSR count). The van der Waals surface area contributed by atoms with Crippen molar-refractivity contribution in [2.45, 2.75) is 0 Å². The van der Waals surface area contributed by atoms with Gasteiger partial charge in [-0.1, -0.05) is 0 Å². The number of imide groups is 1. The minimum absolute atomic E-state index is 0.185. The monoisotopic (exact) mass is 316 g/mol. The summed E-state index contributed by atoms with van der Waals surface area (Å²) >= 11 is 0. The highest BCUT2D eigenvalue weighted by Crippen LogP contribution is 2.30. The van der Waals surface area contributed by atoms with E-state index in [2.05, 4.69) is 0 Å². The Hall–Kier alpha value is -3.69. The fraction of sp³-hybridized carbons (Fsp3) is 0. The van der Waals surface area contributed by atoms with E-state index in [0.717, 1.165) is 28.8 Å². The van der Waals surface area contributed by atoms with Crippen LogP contribution in [0.2, 0.25) is 0 Å². The molecule has 10 heteroatoms. The van der Waals surface area contributed by atoms with Crippen LogP contribution in [0.1, 0.15) is 20.7 Å². The van der Waals surface area contributed by atoms with Gasteiger partial charge in [-0.25, -0.2) is 0 Å². The topological polar surface area (TPSA) is 158 Å². The van der Waals surface area contributed by atoms with Crippen LogP contribution in [-0.4, -0.2) is 26.4 Å². The zero-order chi connectivity index (χ0) is 16.9. The van der Waals surface area contributed by atoms with E-state index in [-0.39, 0.29) is 22.6 Å². The van der Waals surface area contributed by atoms with Crippen molar-refractivity contribution in [2.75, 3.05) is 5.73 Å². The number of hydrogen-bond acceptors (Lipinski definition) is 7. The molecule has 116 valence electrons. The number of nitrogen functional groups attached to an aromatic ring is 1. The van der Waals surface area contributed by atoms with Crippen LogP contribution >= 0.6 is 0 Å².